The predicted octanol–water partition coefficient (Wildman–Crippen LogP) is 4.22. The molecule has 3 aromatic rings. The third-order valence-electron chi connectivity index (χ3n) is 4.69. The SMILES string of the molecule is CC(NC=O)c1nc2ccccc2n1CCOc1ccc(C(C)(C)C)cc1. The molecule has 2 aromatic carbocycles. The number of nitrogens with one attached hydrogen (secondary N) is 1. The molecule has 1 aromatic heterocycles. The molecule has 1 atom stereocenters. The fourth-order valence-corrected chi connectivity index (χ4v) is 3.14. The van der Waals surface area contributed by atoms with E-state index in [9.17, 15) is 4.79 Å². The molecule has 3 rings (SSSR count). The lowest BCUT2D eigenvalue weighted by atomic mass is 9.87. The molecule has 0 aliphatic carbocycles. The molecular formula is C22H27N3O2. The Morgan fingerprint density at radius 2 is 1.85 bits per heavy atom. The molecule has 0 bridgehead atoms. The number of fused-ring (bicyclic) bond motifs is 1. The van der Waals surface area contributed by atoms with E-state index in [4.69, 9.17) is 4.74 Å². The zero-order chi connectivity index (χ0) is 19.4. The first-order chi connectivity index (χ1) is 12.9. The van der Waals surface area contributed by atoms with Crippen LogP contribution in [-0.2, 0) is 16.8 Å². The summed E-state index contributed by atoms with van der Waals surface area (Å²) in [5, 5.41) is 2.79. The van der Waals surface area contributed by atoms with E-state index in [0.717, 1.165) is 22.6 Å². The van der Waals surface area contributed by atoms with Crippen LogP contribution >= 0.6 is 0 Å². The topological polar surface area (TPSA) is 56.2 Å². The minimum Gasteiger partial charge on any atom is -0.492 e. The zero-order valence-electron chi connectivity index (χ0n) is 16.4. The molecule has 0 aliphatic heterocycles. The summed E-state index contributed by atoms with van der Waals surface area (Å²) in [6.45, 7) is 9.70. The molecule has 5 heteroatoms. The summed E-state index contributed by atoms with van der Waals surface area (Å²) >= 11 is 0. The standard InChI is InChI=1S/C22H27N3O2/c1-16(23-15-26)21-24-19-7-5-6-8-20(19)25(21)13-14-27-18-11-9-17(10-12-18)22(2,3)4/h5-12,15-16H,13-14H2,1-4H3,(H,23,26). The highest BCUT2D eigenvalue weighted by atomic mass is 16.5. The van der Waals surface area contributed by atoms with Gasteiger partial charge in [-0.2, -0.15) is 0 Å². The molecule has 1 unspecified atom stereocenters. The summed E-state index contributed by atoms with van der Waals surface area (Å²) in [5.41, 5.74) is 3.37. The summed E-state index contributed by atoms with van der Waals surface area (Å²) < 4.78 is 8.06. The van der Waals surface area contributed by atoms with E-state index in [2.05, 4.69) is 47.8 Å². The maximum atomic E-state index is 10.8. The lowest BCUT2D eigenvalue weighted by Crippen LogP contribution is -2.22. The van der Waals surface area contributed by atoms with E-state index >= 15 is 0 Å². The van der Waals surface area contributed by atoms with Gasteiger partial charge in [0.1, 0.15) is 18.2 Å². The number of ether oxygens (including phenoxy) is 1. The second-order valence-electron chi connectivity index (χ2n) is 7.74. The van der Waals surface area contributed by atoms with Crippen LogP contribution < -0.4 is 10.1 Å². The largest absolute Gasteiger partial charge is 0.492 e. The van der Waals surface area contributed by atoms with Crippen molar-refractivity contribution in [3.8, 4) is 5.75 Å². The van der Waals surface area contributed by atoms with Crippen LogP contribution in [0.1, 0.15) is 45.1 Å². The number of benzene rings is 2. The molecule has 5 nitrogen and oxygen atoms in total. The van der Waals surface area contributed by atoms with Gasteiger partial charge in [0, 0.05) is 0 Å². The fraction of sp³-hybridized carbons (Fsp3) is 0.364. The Labute approximate surface area is 160 Å². The normalized spacial score (nSPS) is 12.7. The molecule has 0 spiro atoms. The Morgan fingerprint density at radius 3 is 2.52 bits per heavy atom. The summed E-state index contributed by atoms with van der Waals surface area (Å²) in [7, 11) is 0. The molecule has 0 saturated carbocycles. The predicted molar refractivity (Wildman–Crippen MR) is 108 cm³/mol. The van der Waals surface area contributed by atoms with Gasteiger partial charge in [0.15, 0.2) is 0 Å². The molecule has 0 saturated heterocycles. The van der Waals surface area contributed by atoms with Crippen molar-refractivity contribution in [3.63, 3.8) is 0 Å². The highest BCUT2D eigenvalue weighted by Crippen LogP contribution is 2.25. The quantitative estimate of drug-likeness (QED) is 0.638. The van der Waals surface area contributed by atoms with Crippen LogP contribution in [-0.4, -0.2) is 22.6 Å². The van der Waals surface area contributed by atoms with Gasteiger partial charge in [-0.3, -0.25) is 4.79 Å². The number of carbonyl (C=O) groups excluding carboxylic acids is 1. The molecule has 0 radical (unpaired) electrons. The third-order valence-corrected chi connectivity index (χ3v) is 4.69. The van der Waals surface area contributed by atoms with Crippen molar-refractivity contribution >= 4 is 17.4 Å². The number of imidazole rings is 1. The fourth-order valence-electron chi connectivity index (χ4n) is 3.14. The highest BCUT2D eigenvalue weighted by molar-refractivity contribution is 5.76. The second kappa shape index (κ2) is 7.82. The van der Waals surface area contributed by atoms with Gasteiger partial charge in [0.25, 0.3) is 0 Å². The molecule has 1 amide bonds. The van der Waals surface area contributed by atoms with Gasteiger partial charge in [0.2, 0.25) is 6.41 Å². The Balaban J connectivity index is 1.74. The summed E-state index contributed by atoms with van der Waals surface area (Å²) in [6, 6.07) is 16.1. The van der Waals surface area contributed by atoms with Crippen molar-refractivity contribution in [2.24, 2.45) is 0 Å². The lowest BCUT2D eigenvalue weighted by Gasteiger charge is -2.19. The van der Waals surface area contributed by atoms with Crippen molar-refractivity contribution in [1.82, 2.24) is 14.9 Å². The molecule has 1 N–H and O–H groups in total. The molecule has 0 fully saturated rings. The Kier molecular flexibility index (Phi) is 5.49. The van der Waals surface area contributed by atoms with E-state index in [-0.39, 0.29) is 11.5 Å². The average molecular weight is 365 g/mol. The zero-order valence-corrected chi connectivity index (χ0v) is 16.4. The first-order valence-electron chi connectivity index (χ1n) is 9.28. The maximum Gasteiger partial charge on any atom is 0.207 e. The monoisotopic (exact) mass is 365 g/mol. The first kappa shape index (κ1) is 19.0. The third kappa shape index (κ3) is 4.30. The number of carbonyl (C=O) groups is 1. The van der Waals surface area contributed by atoms with Gasteiger partial charge in [-0.05, 0) is 42.2 Å². The number of rotatable bonds is 7. The average Bonchev–Trinajstić information content (AvgIpc) is 3.01. The van der Waals surface area contributed by atoms with Crippen molar-refractivity contribution < 1.29 is 9.53 Å². The maximum absolute atomic E-state index is 10.8. The number of hydrogen-bond donors (Lipinski definition) is 1. The minimum atomic E-state index is -0.166. The number of nitrogens with zero attached hydrogens (tertiary/aromatic N) is 2. The molecular weight excluding hydrogens is 338 g/mol. The number of para-hydroxylation sites is 2. The Bertz CT molecular complexity index is 907. The number of hydrogen-bond acceptors (Lipinski definition) is 3. The Morgan fingerprint density at radius 1 is 1.15 bits per heavy atom. The second-order valence-corrected chi connectivity index (χ2v) is 7.74. The highest BCUT2D eigenvalue weighted by Gasteiger charge is 2.16. The van der Waals surface area contributed by atoms with Crippen molar-refractivity contribution in [2.75, 3.05) is 6.61 Å². The van der Waals surface area contributed by atoms with Crippen LogP contribution in [0.2, 0.25) is 0 Å². The smallest absolute Gasteiger partial charge is 0.207 e. The number of aromatic nitrogens is 2. The van der Waals surface area contributed by atoms with E-state index < -0.39 is 0 Å². The molecule has 27 heavy (non-hydrogen) atoms. The summed E-state index contributed by atoms with van der Waals surface area (Å²) in [5.74, 6) is 1.68. The first-order valence-corrected chi connectivity index (χ1v) is 9.28. The van der Waals surface area contributed by atoms with E-state index in [1.54, 1.807) is 0 Å². The summed E-state index contributed by atoms with van der Waals surface area (Å²) in [4.78, 5) is 15.5. The summed E-state index contributed by atoms with van der Waals surface area (Å²) in [6.07, 6.45) is 0.710. The molecule has 0 aliphatic rings. The van der Waals surface area contributed by atoms with Crippen molar-refractivity contribution in [3.05, 3.63) is 59.9 Å². The van der Waals surface area contributed by atoms with Crippen LogP contribution in [0.25, 0.3) is 11.0 Å². The minimum absolute atomic E-state index is 0.130. The van der Waals surface area contributed by atoms with Gasteiger partial charge < -0.3 is 14.6 Å². The van der Waals surface area contributed by atoms with E-state index in [0.29, 0.717) is 19.6 Å². The number of amides is 1. The van der Waals surface area contributed by atoms with E-state index in [1.807, 2.05) is 43.3 Å². The van der Waals surface area contributed by atoms with Gasteiger partial charge >= 0.3 is 0 Å². The van der Waals surface area contributed by atoms with Crippen LogP contribution in [0.15, 0.2) is 48.5 Å². The van der Waals surface area contributed by atoms with Gasteiger partial charge in [-0.15, -0.1) is 0 Å². The van der Waals surface area contributed by atoms with Gasteiger partial charge in [-0.1, -0.05) is 45.0 Å². The van der Waals surface area contributed by atoms with Crippen LogP contribution in [0, 0.1) is 0 Å². The van der Waals surface area contributed by atoms with Gasteiger partial charge in [0.05, 0.1) is 23.6 Å². The van der Waals surface area contributed by atoms with E-state index in [1.165, 1.54) is 5.56 Å². The van der Waals surface area contributed by atoms with Crippen molar-refractivity contribution in [1.29, 1.82) is 0 Å². The molecule has 1 heterocycles. The van der Waals surface area contributed by atoms with Crippen LogP contribution in [0.3, 0.4) is 0 Å². The van der Waals surface area contributed by atoms with Crippen LogP contribution in [0.5, 0.6) is 5.75 Å². The van der Waals surface area contributed by atoms with Gasteiger partial charge in [-0.25, -0.2) is 4.98 Å². The molecule has 142 valence electrons. The van der Waals surface area contributed by atoms with Crippen LogP contribution in [0.4, 0.5) is 0 Å². The Hall–Kier alpha value is -2.82. The van der Waals surface area contributed by atoms with Crippen molar-refractivity contribution in [2.45, 2.75) is 45.7 Å². The lowest BCUT2D eigenvalue weighted by molar-refractivity contribution is -0.110.